The van der Waals surface area contributed by atoms with Crippen LogP contribution in [0.1, 0.15) is 17.5 Å². The molecule has 0 bridgehead atoms. The monoisotopic (exact) mass is 469 g/mol. The Morgan fingerprint density at radius 1 is 1.12 bits per heavy atom. The topological polar surface area (TPSA) is 85.1 Å². The molecule has 9 heteroatoms. The first-order valence-corrected chi connectivity index (χ1v) is 11.1. The molecule has 2 N–H and O–H groups in total. The quantitative estimate of drug-likeness (QED) is 0.365. The van der Waals surface area contributed by atoms with Crippen LogP contribution in [0.5, 0.6) is 17.2 Å². The first-order valence-electron chi connectivity index (χ1n) is 10.7. The van der Waals surface area contributed by atoms with Crippen molar-refractivity contribution in [3.05, 3.63) is 63.9 Å². The molecule has 3 aromatic rings. The van der Waals surface area contributed by atoms with E-state index in [-0.39, 0.29) is 12.4 Å². The average molecular weight is 470 g/mol. The molecule has 2 heterocycles. The van der Waals surface area contributed by atoms with Gasteiger partial charge in [-0.25, -0.2) is 0 Å². The summed E-state index contributed by atoms with van der Waals surface area (Å²) in [5, 5.41) is 4.73. The first kappa shape index (κ1) is 22.9. The highest BCUT2D eigenvalue weighted by atomic mass is 32.1. The van der Waals surface area contributed by atoms with Crippen molar-refractivity contribution in [2.45, 2.75) is 19.5 Å². The molecule has 174 valence electrons. The van der Waals surface area contributed by atoms with E-state index in [4.69, 9.17) is 31.2 Å². The Bertz CT molecular complexity index is 1200. The zero-order valence-electron chi connectivity index (χ0n) is 18.7. The Morgan fingerprint density at radius 3 is 2.79 bits per heavy atom. The molecule has 0 radical (unpaired) electrons. The number of pyridine rings is 1. The number of hydrogen-bond donors (Lipinski definition) is 2. The van der Waals surface area contributed by atoms with Gasteiger partial charge in [-0.3, -0.25) is 4.79 Å². The summed E-state index contributed by atoms with van der Waals surface area (Å²) in [7, 11) is 3.29. The SMILES string of the molecule is COCCCNC(=S)N(Cc1ccc2c(c1)OCO2)Cc1cc2cc(OC)ccc2[nH]c1=O. The minimum atomic E-state index is -0.148. The van der Waals surface area contributed by atoms with E-state index in [1.54, 1.807) is 14.2 Å². The zero-order chi connectivity index (χ0) is 23.2. The predicted molar refractivity (Wildman–Crippen MR) is 130 cm³/mol. The summed E-state index contributed by atoms with van der Waals surface area (Å²) in [6.45, 7) is 2.38. The van der Waals surface area contributed by atoms with Gasteiger partial charge in [-0.1, -0.05) is 6.07 Å². The number of thiocarbonyl (C=S) groups is 1. The lowest BCUT2D eigenvalue weighted by atomic mass is 10.1. The number of H-pyrrole nitrogens is 1. The van der Waals surface area contributed by atoms with Crippen LogP contribution in [0.2, 0.25) is 0 Å². The number of nitrogens with zero attached hydrogens (tertiary/aromatic N) is 1. The fourth-order valence-electron chi connectivity index (χ4n) is 3.66. The van der Waals surface area contributed by atoms with Crippen LogP contribution in [-0.2, 0) is 17.8 Å². The van der Waals surface area contributed by atoms with Gasteiger partial charge in [0, 0.05) is 43.3 Å². The zero-order valence-corrected chi connectivity index (χ0v) is 19.5. The van der Waals surface area contributed by atoms with Crippen LogP contribution in [-0.4, -0.2) is 49.2 Å². The van der Waals surface area contributed by atoms with Crippen molar-refractivity contribution in [3.63, 3.8) is 0 Å². The molecule has 0 spiro atoms. The molecular weight excluding hydrogens is 442 g/mol. The Hall–Kier alpha value is -3.30. The summed E-state index contributed by atoms with van der Waals surface area (Å²) in [4.78, 5) is 17.7. The van der Waals surface area contributed by atoms with E-state index in [1.165, 1.54) is 0 Å². The molecule has 1 aliphatic rings. The molecule has 0 fully saturated rings. The first-order chi connectivity index (χ1) is 16.1. The number of aromatic nitrogens is 1. The van der Waals surface area contributed by atoms with Crippen LogP contribution in [0.4, 0.5) is 0 Å². The number of nitrogens with one attached hydrogen (secondary N) is 2. The second kappa shape index (κ2) is 10.5. The minimum absolute atomic E-state index is 0.148. The number of fused-ring (bicyclic) bond motifs is 2. The van der Waals surface area contributed by atoms with E-state index in [2.05, 4.69) is 10.3 Å². The minimum Gasteiger partial charge on any atom is -0.497 e. The number of benzene rings is 2. The average Bonchev–Trinajstić information content (AvgIpc) is 3.29. The van der Waals surface area contributed by atoms with Crippen molar-refractivity contribution in [1.29, 1.82) is 0 Å². The maximum absolute atomic E-state index is 12.8. The molecule has 8 nitrogen and oxygen atoms in total. The Labute approximate surface area is 197 Å². The van der Waals surface area contributed by atoms with Crippen LogP contribution >= 0.6 is 12.2 Å². The van der Waals surface area contributed by atoms with Crippen molar-refractivity contribution >= 4 is 28.2 Å². The van der Waals surface area contributed by atoms with Gasteiger partial charge in [-0.15, -0.1) is 0 Å². The summed E-state index contributed by atoms with van der Waals surface area (Å²) >= 11 is 5.69. The van der Waals surface area contributed by atoms with E-state index in [0.717, 1.165) is 34.4 Å². The number of methoxy groups -OCH3 is 2. The van der Waals surface area contributed by atoms with Gasteiger partial charge in [0.15, 0.2) is 16.6 Å². The number of hydrogen-bond acceptors (Lipinski definition) is 6. The van der Waals surface area contributed by atoms with Gasteiger partial charge in [-0.05, 0) is 60.6 Å². The van der Waals surface area contributed by atoms with Crippen molar-refractivity contribution in [2.75, 3.05) is 34.2 Å². The van der Waals surface area contributed by atoms with Crippen molar-refractivity contribution in [2.24, 2.45) is 0 Å². The highest BCUT2D eigenvalue weighted by Gasteiger charge is 2.17. The normalized spacial score (nSPS) is 12.1. The summed E-state index contributed by atoms with van der Waals surface area (Å²) in [5.74, 6) is 2.17. The molecule has 4 rings (SSSR count). The van der Waals surface area contributed by atoms with Crippen molar-refractivity contribution < 1.29 is 18.9 Å². The van der Waals surface area contributed by atoms with Gasteiger partial charge in [0.25, 0.3) is 5.56 Å². The van der Waals surface area contributed by atoms with Crippen LogP contribution in [0, 0.1) is 0 Å². The van der Waals surface area contributed by atoms with Gasteiger partial charge in [0.1, 0.15) is 5.75 Å². The second-order valence-electron chi connectivity index (χ2n) is 7.70. The lowest BCUT2D eigenvalue weighted by Crippen LogP contribution is -2.40. The molecule has 1 aromatic heterocycles. The third-order valence-electron chi connectivity index (χ3n) is 5.39. The molecule has 0 unspecified atom stereocenters. The van der Waals surface area contributed by atoms with Crippen molar-refractivity contribution in [1.82, 2.24) is 15.2 Å². The lowest BCUT2D eigenvalue weighted by Gasteiger charge is -2.26. The maximum Gasteiger partial charge on any atom is 0.253 e. The van der Waals surface area contributed by atoms with E-state index in [0.29, 0.717) is 42.7 Å². The predicted octanol–water partition coefficient (Wildman–Crippen LogP) is 3.18. The third kappa shape index (κ3) is 5.55. The second-order valence-corrected chi connectivity index (χ2v) is 8.09. The molecule has 0 saturated carbocycles. The maximum atomic E-state index is 12.8. The number of rotatable bonds is 9. The van der Waals surface area contributed by atoms with Crippen LogP contribution in [0.25, 0.3) is 10.9 Å². The van der Waals surface area contributed by atoms with Crippen LogP contribution in [0.15, 0.2) is 47.3 Å². The Morgan fingerprint density at radius 2 is 1.97 bits per heavy atom. The van der Waals surface area contributed by atoms with Gasteiger partial charge < -0.3 is 34.1 Å². The van der Waals surface area contributed by atoms with Crippen molar-refractivity contribution in [3.8, 4) is 17.2 Å². The number of ether oxygens (including phenoxy) is 4. The molecule has 0 aliphatic carbocycles. The highest BCUT2D eigenvalue weighted by Crippen LogP contribution is 2.33. The molecule has 2 aromatic carbocycles. The van der Waals surface area contributed by atoms with E-state index in [9.17, 15) is 4.79 Å². The molecular formula is C24H27N3O5S. The van der Waals surface area contributed by atoms with Crippen LogP contribution < -0.4 is 25.1 Å². The van der Waals surface area contributed by atoms with E-state index >= 15 is 0 Å². The van der Waals surface area contributed by atoms with Gasteiger partial charge in [0.2, 0.25) is 6.79 Å². The summed E-state index contributed by atoms with van der Waals surface area (Å²) in [6.07, 6.45) is 0.824. The standard InChI is InChI=1S/C24H27N3O5S/c1-29-9-3-8-25-24(33)27(13-16-4-7-21-22(10-16)32-15-31-21)14-18-11-17-12-19(30-2)5-6-20(17)26-23(18)28/h4-7,10-12H,3,8-9,13-15H2,1-2H3,(H,25,33)(H,26,28). The fraction of sp³-hybridized carbons (Fsp3) is 0.333. The molecule has 33 heavy (non-hydrogen) atoms. The van der Waals surface area contributed by atoms with Crippen LogP contribution in [0.3, 0.4) is 0 Å². The van der Waals surface area contributed by atoms with Gasteiger partial charge in [-0.2, -0.15) is 0 Å². The fourth-order valence-corrected chi connectivity index (χ4v) is 3.89. The number of aromatic amines is 1. The Balaban J connectivity index is 1.59. The third-order valence-corrected chi connectivity index (χ3v) is 5.79. The van der Waals surface area contributed by atoms with E-state index in [1.807, 2.05) is 47.4 Å². The molecule has 0 atom stereocenters. The summed E-state index contributed by atoms with van der Waals surface area (Å²) < 4.78 is 21.4. The largest absolute Gasteiger partial charge is 0.497 e. The molecule has 1 aliphatic heterocycles. The van der Waals surface area contributed by atoms with Gasteiger partial charge >= 0.3 is 0 Å². The summed E-state index contributed by atoms with van der Waals surface area (Å²) in [6, 6.07) is 13.3. The lowest BCUT2D eigenvalue weighted by molar-refractivity contribution is 0.174. The smallest absolute Gasteiger partial charge is 0.253 e. The highest BCUT2D eigenvalue weighted by molar-refractivity contribution is 7.80. The Kier molecular flexibility index (Phi) is 7.31. The molecule has 0 saturated heterocycles. The van der Waals surface area contributed by atoms with Gasteiger partial charge in [0.05, 0.1) is 13.7 Å². The van der Waals surface area contributed by atoms with E-state index < -0.39 is 0 Å². The summed E-state index contributed by atoms with van der Waals surface area (Å²) in [5.41, 5.74) is 2.22. The molecule has 0 amide bonds.